The lowest BCUT2D eigenvalue weighted by Crippen LogP contribution is -2.40. The van der Waals surface area contributed by atoms with E-state index in [9.17, 15) is 9.90 Å². The molecule has 1 rings (SSSR count). The fraction of sp³-hybridized carbons (Fsp3) is 0.588. The summed E-state index contributed by atoms with van der Waals surface area (Å²) < 4.78 is 0. The van der Waals surface area contributed by atoms with Crippen molar-refractivity contribution in [1.29, 1.82) is 0 Å². The van der Waals surface area contributed by atoms with E-state index < -0.39 is 6.10 Å². The molecule has 0 heterocycles. The van der Waals surface area contributed by atoms with Crippen LogP contribution in [0.5, 0.6) is 0 Å². The summed E-state index contributed by atoms with van der Waals surface area (Å²) in [6.45, 7) is 10.2. The van der Waals surface area contributed by atoms with Crippen molar-refractivity contribution in [2.75, 3.05) is 6.54 Å². The lowest BCUT2D eigenvalue weighted by atomic mass is 9.86. The van der Waals surface area contributed by atoms with Crippen molar-refractivity contribution in [3.63, 3.8) is 0 Å². The number of nitrogens with one attached hydrogen (secondary N) is 1. The van der Waals surface area contributed by atoms with Gasteiger partial charge in [-0.1, -0.05) is 52.0 Å². The number of hydrogen-bond donors (Lipinski definition) is 3. The molecular weight excluding hydrogens is 300 g/mol. The second-order valence-electron chi connectivity index (χ2n) is 6.78. The Bertz CT molecular complexity index is 467. The van der Waals surface area contributed by atoms with Gasteiger partial charge in [0.2, 0.25) is 5.91 Å². The van der Waals surface area contributed by atoms with Gasteiger partial charge in [0.05, 0.1) is 6.10 Å². The van der Waals surface area contributed by atoms with E-state index in [-0.39, 0.29) is 42.2 Å². The van der Waals surface area contributed by atoms with Crippen molar-refractivity contribution in [3.8, 4) is 0 Å². The van der Waals surface area contributed by atoms with Gasteiger partial charge in [-0.3, -0.25) is 4.79 Å². The number of carbonyl (C=O) groups excluding carboxylic acids is 1. The molecule has 0 aliphatic rings. The SMILES string of the molecule is CC(N)C(C)C(=O)NCC(O)c1ccc(C(C)(C)C)cc1.Cl. The molecule has 1 amide bonds. The van der Waals surface area contributed by atoms with Crippen LogP contribution in [0.1, 0.15) is 51.8 Å². The van der Waals surface area contributed by atoms with Crippen LogP contribution < -0.4 is 11.1 Å². The minimum absolute atomic E-state index is 0. The maximum Gasteiger partial charge on any atom is 0.224 e. The third-order valence-corrected chi connectivity index (χ3v) is 3.83. The highest BCUT2D eigenvalue weighted by atomic mass is 35.5. The average Bonchev–Trinajstić information content (AvgIpc) is 2.42. The number of carbonyl (C=O) groups is 1. The van der Waals surface area contributed by atoms with Crippen molar-refractivity contribution in [2.45, 2.75) is 52.2 Å². The maximum absolute atomic E-state index is 11.8. The summed E-state index contributed by atoms with van der Waals surface area (Å²) in [4.78, 5) is 11.8. The molecule has 4 nitrogen and oxygen atoms in total. The number of benzene rings is 1. The quantitative estimate of drug-likeness (QED) is 0.777. The van der Waals surface area contributed by atoms with Gasteiger partial charge in [-0.2, -0.15) is 0 Å². The van der Waals surface area contributed by atoms with Crippen LogP contribution in [0.3, 0.4) is 0 Å². The Labute approximate surface area is 139 Å². The van der Waals surface area contributed by atoms with E-state index in [0.29, 0.717) is 0 Å². The molecular formula is C17H29ClN2O2. The number of aliphatic hydroxyl groups excluding tert-OH is 1. The highest BCUT2D eigenvalue weighted by molar-refractivity contribution is 5.85. The molecule has 1 aromatic rings. The molecule has 0 saturated heterocycles. The van der Waals surface area contributed by atoms with Gasteiger partial charge in [0.15, 0.2) is 0 Å². The maximum atomic E-state index is 11.8. The molecule has 1 aromatic carbocycles. The summed E-state index contributed by atoms with van der Waals surface area (Å²) in [6, 6.07) is 7.66. The molecule has 3 unspecified atom stereocenters. The third kappa shape index (κ3) is 5.95. The van der Waals surface area contributed by atoms with E-state index in [4.69, 9.17) is 5.73 Å². The van der Waals surface area contributed by atoms with E-state index in [1.54, 1.807) is 13.8 Å². The predicted octanol–water partition coefficient (Wildman–Crippen LogP) is 2.54. The smallest absolute Gasteiger partial charge is 0.224 e. The van der Waals surface area contributed by atoms with E-state index in [1.807, 2.05) is 24.3 Å². The third-order valence-electron chi connectivity index (χ3n) is 3.83. The summed E-state index contributed by atoms with van der Waals surface area (Å²) in [5.41, 5.74) is 7.79. The average molecular weight is 329 g/mol. The zero-order valence-corrected chi connectivity index (χ0v) is 14.9. The van der Waals surface area contributed by atoms with Gasteiger partial charge < -0.3 is 16.2 Å². The van der Waals surface area contributed by atoms with Crippen LogP contribution in [0.4, 0.5) is 0 Å². The number of hydrogen-bond acceptors (Lipinski definition) is 3. The Kier molecular flexibility index (Phi) is 8.09. The van der Waals surface area contributed by atoms with Crippen LogP contribution in [0.2, 0.25) is 0 Å². The van der Waals surface area contributed by atoms with E-state index in [0.717, 1.165) is 5.56 Å². The van der Waals surface area contributed by atoms with Crippen molar-refractivity contribution >= 4 is 18.3 Å². The summed E-state index contributed by atoms with van der Waals surface area (Å²) in [5, 5.41) is 12.9. The van der Waals surface area contributed by atoms with Gasteiger partial charge in [0, 0.05) is 18.5 Å². The Morgan fingerprint density at radius 1 is 1.23 bits per heavy atom. The number of nitrogens with two attached hydrogens (primary N) is 1. The number of halogens is 1. The van der Waals surface area contributed by atoms with E-state index in [2.05, 4.69) is 26.1 Å². The lowest BCUT2D eigenvalue weighted by Gasteiger charge is -2.21. The highest BCUT2D eigenvalue weighted by Crippen LogP contribution is 2.23. The molecule has 5 heteroatoms. The first kappa shape index (κ1) is 20.9. The largest absolute Gasteiger partial charge is 0.387 e. The molecule has 4 N–H and O–H groups in total. The van der Waals surface area contributed by atoms with Gasteiger partial charge in [-0.05, 0) is 23.5 Å². The predicted molar refractivity (Wildman–Crippen MR) is 93.2 cm³/mol. The van der Waals surface area contributed by atoms with Crippen LogP contribution >= 0.6 is 12.4 Å². The minimum Gasteiger partial charge on any atom is -0.387 e. The molecule has 0 radical (unpaired) electrons. The molecule has 0 saturated carbocycles. The second-order valence-corrected chi connectivity index (χ2v) is 6.78. The van der Waals surface area contributed by atoms with Crippen LogP contribution in [0, 0.1) is 5.92 Å². The molecule has 3 atom stereocenters. The molecule has 0 aromatic heterocycles. The molecule has 126 valence electrons. The molecule has 0 aliphatic heterocycles. The number of aliphatic hydroxyl groups is 1. The number of rotatable bonds is 5. The lowest BCUT2D eigenvalue weighted by molar-refractivity contribution is -0.125. The normalized spacial score (nSPS) is 15.4. The molecule has 0 bridgehead atoms. The topological polar surface area (TPSA) is 75.4 Å². The van der Waals surface area contributed by atoms with Crippen LogP contribution in [0.15, 0.2) is 24.3 Å². The van der Waals surface area contributed by atoms with Crippen LogP contribution in [-0.4, -0.2) is 23.6 Å². The molecule has 22 heavy (non-hydrogen) atoms. The van der Waals surface area contributed by atoms with Crippen molar-refractivity contribution in [2.24, 2.45) is 11.7 Å². The highest BCUT2D eigenvalue weighted by Gasteiger charge is 2.18. The monoisotopic (exact) mass is 328 g/mol. The van der Waals surface area contributed by atoms with Crippen LogP contribution in [0.25, 0.3) is 0 Å². The van der Waals surface area contributed by atoms with E-state index in [1.165, 1.54) is 5.56 Å². The van der Waals surface area contributed by atoms with Gasteiger partial charge in [0.1, 0.15) is 0 Å². The van der Waals surface area contributed by atoms with Gasteiger partial charge >= 0.3 is 0 Å². The number of amides is 1. The Morgan fingerprint density at radius 2 is 1.73 bits per heavy atom. The second kappa shape index (κ2) is 8.51. The molecule has 0 fully saturated rings. The fourth-order valence-electron chi connectivity index (χ4n) is 1.92. The minimum atomic E-state index is -0.705. The fourth-order valence-corrected chi connectivity index (χ4v) is 1.92. The molecule has 0 spiro atoms. The molecule has 0 aliphatic carbocycles. The summed E-state index contributed by atoms with van der Waals surface area (Å²) in [7, 11) is 0. The van der Waals surface area contributed by atoms with Crippen molar-refractivity contribution in [3.05, 3.63) is 35.4 Å². The Hall–Kier alpha value is -1.10. The first-order chi connectivity index (χ1) is 9.62. The summed E-state index contributed by atoms with van der Waals surface area (Å²) in [5.74, 6) is -0.393. The summed E-state index contributed by atoms with van der Waals surface area (Å²) >= 11 is 0. The van der Waals surface area contributed by atoms with Gasteiger partial charge in [-0.25, -0.2) is 0 Å². The first-order valence-electron chi connectivity index (χ1n) is 7.44. The van der Waals surface area contributed by atoms with Crippen molar-refractivity contribution in [1.82, 2.24) is 5.32 Å². The zero-order valence-electron chi connectivity index (χ0n) is 14.1. The van der Waals surface area contributed by atoms with E-state index >= 15 is 0 Å². The van der Waals surface area contributed by atoms with Crippen molar-refractivity contribution < 1.29 is 9.90 Å². The van der Waals surface area contributed by atoms with Gasteiger partial charge in [-0.15, -0.1) is 12.4 Å². The Morgan fingerprint density at radius 3 is 2.14 bits per heavy atom. The Balaban J connectivity index is 0.00000441. The van der Waals surface area contributed by atoms with Gasteiger partial charge in [0.25, 0.3) is 0 Å². The van der Waals surface area contributed by atoms with Crippen LogP contribution in [-0.2, 0) is 10.2 Å². The standard InChI is InChI=1S/C17H28N2O2.ClH/c1-11(12(2)18)16(21)19-10-15(20)13-6-8-14(9-7-13)17(3,4)5;/h6-9,11-12,15,20H,10,18H2,1-5H3,(H,19,21);1H. The first-order valence-corrected chi connectivity index (χ1v) is 7.44. The summed E-state index contributed by atoms with van der Waals surface area (Å²) in [6.07, 6.45) is -0.705. The zero-order chi connectivity index (χ0) is 16.2.